The van der Waals surface area contributed by atoms with E-state index in [0.29, 0.717) is 0 Å². The summed E-state index contributed by atoms with van der Waals surface area (Å²) in [5.41, 5.74) is 11.3. The van der Waals surface area contributed by atoms with Gasteiger partial charge in [-0.1, -0.05) is 42.8 Å². The van der Waals surface area contributed by atoms with Gasteiger partial charge in [0.1, 0.15) is 5.75 Å². The molecule has 3 rings (SSSR count). The lowest BCUT2D eigenvalue weighted by molar-refractivity contribution is 0.407. The summed E-state index contributed by atoms with van der Waals surface area (Å²) in [6.45, 7) is 2.06. The summed E-state index contributed by atoms with van der Waals surface area (Å²) in [4.78, 5) is 0. The van der Waals surface area contributed by atoms with Crippen molar-refractivity contribution in [3.8, 4) is 5.75 Å². The lowest BCUT2D eigenvalue weighted by atomic mass is 9.79. The highest BCUT2D eigenvalue weighted by Gasteiger charge is 2.21. The molecule has 1 saturated carbocycles. The number of aryl methyl sites for hydroxylation is 1. The van der Waals surface area contributed by atoms with Crippen LogP contribution in [-0.2, 0) is 0 Å². The van der Waals surface area contributed by atoms with Crippen LogP contribution in [0.3, 0.4) is 0 Å². The minimum absolute atomic E-state index is 0.138. The highest BCUT2D eigenvalue weighted by molar-refractivity contribution is 5.44. The molecular formula is C19H23NO. The van der Waals surface area contributed by atoms with Crippen molar-refractivity contribution in [1.29, 1.82) is 0 Å². The Morgan fingerprint density at radius 3 is 2.62 bits per heavy atom. The highest BCUT2D eigenvalue weighted by Crippen LogP contribution is 2.38. The van der Waals surface area contributed by atoms with Crippen LogP contribution in [0.25, 0.3) is 0 Å². The van der Waals surface area contributed by atoms with Crippen LogP contribution in [0.5, 0.6) is 5.75 Å². The Balaban J connectivity index is 1.92. The van der Waals surface area contributed by atoms with Gasteiger partial charge in [0.2, 0.25) is 0 Å². The Hall–Kier alpha value is -1.80. The Bertz CT molecular complexity index is 631. The second kappa shape index (κ2) is 5.90. The van der Waals surface area contributed by atoms with Gasteiger partial charge in [-0.2, -0.15) is 0 Å². The van der Waals surface area contributed by atoms with Gasteiger partial charge < -0.3 is 10.5 Å². The zero-order valence-electron chi connectivity index (χ0n) is 12.8. The topological polar surface area (TPSA) is 35.2 Å². The molecule has 1 unspecified atom stereocenters. The SMILES string of the molecule is COc1cc(C)ccc1C(N)c1cccc(C2CCC2)c1. The summed E-state index contributed by atoms with van der Waals surface area (Å²) in [5, 5.41) is 0. The van der Waals surface area contributed by atoms with Crippen molar-refractivity contribution in [2.24, 2.45) is 5.73 Å². The van der Waals surface area contributed by atoms with Crippen molar-refractivity contribution < 1.29 is 4.74 Å². The smallest absolute Gasteiger partial charge is 0.124 e. The van der Waals surface area contributed by atoms with E-state index in [2.05, 4.69) is 43.3 Å². The molecule has 2 aromatic carbocycles. The minimum atomic E-state index is -0.138. The average molecular weight is 281 g/mol. The van der Waals surface area contributed by atoms with E-state index in [0.717, 1.165) is 17.2 Å². The van der Waals surface area contributed by atoms with E-state index in [1.807, 2.05) is 6.07 Å². The van der Waals surface area contributed by atoms with Gasteiger partial charge in [0.15, 0.2) is 0 Å². The predicted octanol–water partition coefficient (Wildman–Crippen LogP) is 4.32. The van der Waals surface area contributed by atoms with Gasteiger partial charge in [0, 0.05) is 5.56 Å². The summed E-state index contributed by atoms with van der Waals surface area (Å²) < 4.78 is 5.50. The van der Waals surface area contributed by atoms with E-state index < -0.39 is 0 Å². The van der Waals surface area contributed by atoms with E-state index in [4.69, 9.17) is 10.5 Å². The van der Waals surface area contributed by atoms with E-state index in [1.165, 1.54) is 36.0 Å². The Labute approximate surface area is 126 Å². The average Bonchev–Trinajstić information content (AvgIpc) is 2.45. The van der Waals surface area contributed by atoms with Gasteiger partial charge >= 0.3 is 0 Å². The van der Waals surface area contributed by atoms with Crippen LogP contribution in [-0.4, -0.2) is 7.11 Å². The fraction of sp³-hybridized carbons (Fsp3) is 0.368. The molecule has 21 heavy (non-hydrogen) atoms. The maximum atomic E-state index is 6.49. The van der Waals surface area contributed by atoms with Gasteiger partial charge in [-0.25, -0.2) is 0 Å². The first-order valence-corrected chi connectivity index (χ1v) is 7.69. The summed E-state index contributed by atoms with van der Waals surface area (Å²) in [7, 11) is 1.70. The van der Waals surface area contributed by atoms with Gasteiger partial charge in [-0.15, -0.1) is 0 Å². The minimum Gasteiger partial charge on any atom is -0.496 e. The van der Waals surface area contributed by atoms with E-state index in [9.17, 15) is 0 Å². The van der Waals surface area contributed by atoms with Crippen molar-refractivity contribution in [1.82, 2.24) is 0 Å². The molecule has 2 heteroatoms. The molecule has 0 bridgehead atoms. The second-order valence-electron chi connectivity index (χ2n) is 6.02. The van der Waals surface area contributed by atoms with Gasteiger partial charge in [-0.05, 0) is 48.4 Å². The number of ether oxygens (including phenoxy) is 1. The second-order valence-corrected chi connectivity index (χ2v) is 6.02. The molecule has 2 nitrogen and oxygen atoms in total. The molecule has 0 aromatic heterocycles. The quantitative estimate of drug-likeness (QED) is 0.906. The first-order chi connectivity index (χ1) is 10.2. The van der Waals surface area contributed by atoms with E-state index in [1.54, 1.807) is 7.11 Å². The lowest BCUT2D eigenvalue weighted by Crippen LogP contribution is -2.15. The van der Waals surface area contributed by atoms with Crippen LogP contribution in [0.1, 0.15) is 53.5 Å². The molecule has 2 aromatic rings. The van der Waals surface area contributed by atoms with Crippen molar-refractivity contribution in [2.45, 2.75) is 38.1 Å². The number of rotatable bonds is 4. The molecule has 0 heterocycles. The highest BCUT2D eigenvalue weighted by atomic mass is 16.5. The number of methoxy groups -OCH3 is 1. The zero-order valence-corrected chi connectivity index (χ0v) is 12.8. The van der Waals surface area contributed by atoms with Gasteiger partial charge in [0.25, 0.3) is 0 Å². The fourth-order valence-electron chi connectivity index (χ4n) is 3.00. The molecule has 0 amide bonds. The number of hydrogen-bond donors (Lipinski definition) is 1. The lowest BCUT2D eigenvalue weighted by Gasteiger charge is -2.27. The zero-order chi connectivity index (χ0) is 14.8. The number of nitrogens with two attached hydrogens (primary N) is 1. The summed E-state index contributed by atoms with van der Waals surface area (Å²) in [5.74, 6) is 1.61. The van der Waals surface area contributed by atoms with Crippen LogP contribution >= 0.6 is 0 Å². The maximum Gasteiger partial charge on any atom is 0.124 e. The van der Waals surface area contributed by atoms with Crippen LogP contribution < -0.4 is 10.5 Å². The van der Waals surface area contributed by atoms with Crippen molar-refractivity contribution >= 4 is 0 Å². The third-order valence-corrected chi connectivity index (χ3v) is 4.57. The van der Waals surface area contributed by atoms with Crippen LogP contribution in [0.15, 0.2) is 42.5 Å². The molecule has 2 N–H and O–H groups in total. The van der Waals surface area contributed by atoms with Crippen LogP contribution in [0.2, 0.25) is 0 Å². The normalized spacial score (nSPS) is 16.3. The molecule has 0 spiro atoms. The Kier molecular flexibility index (Phi) is 3.98. The molecular weight excluding hydrogens is 258 g/mol. The molecule has 1 fully saturated rings. The van der Waals surface area contributed by atoms with Gasteiger partial charge in [-0.3, -0.25) is 0 Å². The maximum absolute atomic E-state index is 6.49. The Morgan fingerprint density at radius 1 is 1.14 bits per heavy atom. The molecule has 1 aliphatic carbocycles. The first kappa shape index (κ1) is 14.2. The van der Waals surface area contributed by atoms with E-state index in [-0.39, 0.29) is 6.04 Å². The summed E-state index contributed by atoms with van der Waals surface area (Å²) in [6, 6.07) is 14.8. The first-order valence-electron chi connectivity index (χ1n) is 7.69. The Morgan fingerprint density at radius 2 is 1.95 bits per heavy atom. The number of benzene rings is 2. The third kappa shape index (κ3) is 2.81. The molecule has 1 atom stereocenters. The van der Waals surface area contributed by atoms with Crippen LogP contribution in [0.4, 0.5) is 0 Å². The molecule has 1 aliphatic rings. The standard InChI is InChI=1S/C19H23NO/c1-13-9-10-17(18(11-13)21-2)19(20)16-8-4-7-15(12-16)14-5-3-6-14/h4,7-12,14,19H,3,5-6,20H2,1-2H3. The fourth-order valence-corrected chi connectivity index (χ4v) is 3.00. The third-order valence-electron chi connectivity index (χ3n) is 4.57. The molecule has 0 saturated heterocycles. The molecule has 0 aliphatic heterocycles. The van der Waals surface area contributed by atoms with Gasteiger partial charge in [0.05, 0.1) is 13.2 Å². The molecule has 110 valence electrons. The van der Waals surface area contributed by atoms with Crippen molar-refractivity contribution in [3.63, 3.8) is 0 Å². The monoisotopic (exact) mass is 281 g/mol. The summed E-state index contributed by atoms with van der Waals surface area (Å²) in [6.07, 6.45) is 3.98. The van der Waals surface area contributed by atoms with Crippen molar-refractivity contribution in [3.05, 3.63) is 64.7 Å². The largest absolute Gasteiger partial charge is 0.496 e. The van der Waals surface area contributed by atoms with E-state index >= 15 is 0 Å². The predicted molar refractivity (Wildman–Crippen MR) is 86.8 cm³/mol. The van der Waals surface area contributed by atoms with Crippen LogP contribution in [0, 0.1) is 6.92 Å². The molecule has 0 radical (unpaired) electrons. The summed E-state index contributed by atoms with van der Waals surface area (Å²) >= 11 is 0. The number of hydrogen-bond acceptors (Lipinski definition) is 2. The van der Waals surface area contributed by atoms with Crippen molar-refractivity contribution in [2.75, 3.05) is 7.11 Å².